The van der Waals surface area contributed by atoms with Crippen molar-refractivity contribution in [2.75, 3.05) is 12.4 Å². The summed E-state index contributed by atoms with van der Waals surface area (Å²) in [5.41, 5.74) is 1.98. The van der Waals surface area contributed by atoms with E-state index in [1.165, 1.54) is 18.4 Å². The molecule has 0 radical (unpaired) electrons. The van der Waals surface area contributed by atoms with Crippen molar-refractivity contribution in [3.63, 3.8) is 0 Å². The van der Waals surface area contributed by atoms with Gasteiger partial charge < -0.3 is 10.1 Å². The van der Waals surface area contributed by atoms with Crippen molar-refractivity contribution in [1.29, 1.82) is 0 Å². The minimum atomic E-state index is -0.292. The zero-order chi connectivity index (χ0) is 20.4. The van der Waals surface area contributed by atoms with Crippen LogP contribution in [0.1, 0.15) is 29.5 Å². The molecule has 29 heavy (non-hydrogen) atoms. The fraction of sp³-hybridized carbons (Fsp3) is 0.200. The van der Waals surface area contributed by atoms with Crippen LogP contribution in [0.25, 0.3) is 15.5 Å². The quantitative estimate of drug-likeness (QED) is 0.481. The van der Waals surface area contributed by atoms with Crippen molar-refractivity contribution in [3.8, 4) is 16.3 Å². The number of aromatic nitrogens is 4. The van der Waals surface area contributed by atoms with Gasteiger partial charge in [-0.05, 0) is 48.9 Å². The molecule has 9 heteroatoms. The molecular weight excluding hydrogens is 410 g/mol. The van der Waals surface area contributed by atoms with E-state index in [9.17, 15) is 4.79 Å². The van der Waals surface area contributed by atoms with Crippen LogP contribution in [0, 0.1) is 0 Å². The number of nitrogens with one attached hydrogen (secondary N) is 1. The second-order valence-electron chi connectivity index (χ2n) is 6.34. The minimum absolute atomic E-state index is 0.292. The molecule has 0 fully saturated rings. The lowest BCUT2D eigenvalue weighted by Crippen LogP contribution is -2.13. The summed E-state index contributed by atoms with van der Waals surface area (Å²) in [6, 6.07) is 12.4. The highest BCUT2D eigenvalue weighted by atomic mass is 35.5. The Morgan fingerprint density at radius 2 is 2.00 bits per heavy atom. The van der Waals surface area contributed by atoms with Crippen LogP contribution in [0.3, 0.4) is 0 Å². The Morgan fingerprint density at radius 1 is 1.21 bits per heavy atom. The van der Waals surface area contributed by atoms with Crippen LogP contribution in [-0.2, 0) is 6.42 Å². The van der Waals surface area contributed by atoms with Crippen LogP contribution in [-0.4, -0.2) is 32.8 Å². The van der Waals surface area contributed by atoms with Crippen molar-refractivity contribution in [3.05, 3.63) is 58.9 Å². The number of hydrogen-bond acceptors (Lipinski definition) is 6. The van der Waals surface area contributed by atoms with E-state index < -0.39 is 0 Å². The van der Waals surface area contributed by atoms with Crippen molar-refractivity contribution in [2.24, 2.45) is 0 Å². The number of amides is 1. The highest BCUT2D eigenvalue weighted by Gasteiger charge is 2.15. The highest BCUT2D eigenvalue weighted by molar-refractivity contribution is 7.19. The molecule has 2 aromatic carbocycles. The first-order valence-corrected chi connectivity index (χ1v) is 10.2. The predicted molar refractivity (Wildman–Crippen MR) is 114 cm³/mol. The summed E-state index contributed by atoms with van der Waals surface area (Å²) in [5, 5.41) is 17.2. The standard InChI is InChI=1S/C20H18ClN5O2S/c1-3-4-17-23-24-20-26(17)25-19(29-20)12-5-8-14(9-6-12)22-18(27)15-11-13(21)7-10-16(15)28-2/h5-11H,3-4H2,1-2H3,(H,22,27). The molecule has 4 rings (SSSR count). The third-order valence-corrected chi connectivity index (χ3v) is 5.51. The first kappa shape index (κ1) is 19.4. The lowest BCUT2D eigenvalue weighted by Gasteiger charge is -2.10. The van der Waals surface area contributed by atoms with Crippen LogP contribution in [0.15, 0.2) is 42.5 Å². The number of rotatable bonds is 6. The summed E-state index contributed by atoms with van der Waals surface area (Å²) in [4.78, 5) is 13.4. The molecule has 7 nitrogen and oxygen atoms in total. The predicted octanol–water partition coefficient (Wildman–Crippen LogP) is 4.72. The maximum Gasteiger partial charge on any atom is 0.259 e. The number of methoxy groups -OCH3 is 1. The number of ether oxygens (including phenoxy) is 1. The molecule has 148 valence electrons. The number of nitrogens with zero attached hydrogens (tertiary/aromatic N) is 4. The van der Waals surface area contributed by atoms with E-state index in [-0.39, 0.29) is 5.91 Å². The molecule has 0 bridgehead atoms. The minimum Gasteiger partial charge on any atom is -0.496 e. The van der Waals surface area contributed by atoms with Gasteiger partial charge in [0.2, 0.25) is 4.96 Å². The molecule has 2 aromatic heterocycles. The molecule has 0 spiro atoms. The molecule has 0 aliphatic carbocycles. The summed E-state index contributed by atoms with van der Waals surface area (Å²) >= 11 is 7.49. The molecular formula is C20H18ClN5O2S. The molecule has 0 aliphatic rings. The number of anilines is 1. The van der Waals surface area contributed by atoms with E-state index in [4.69, 9.17) is 16.3 Å². The average Bonchev–Trinajstić information content (AvgIpc) is 3.31. The molecule has 0 atom stereocenters. The fourth-order valence-electron chi connectivity index (χ4n) is 2.91. The number of hydrogen-bond donors (Lipinski definition) is 1. The third kappa shape index (κ3) is 3.94. The molecule has 0 unspecified atom stereocenters. The number of aryl methyl sites for hydroxylation is 1. The van der Waals surface area contributed by atoms with Crippen molar-refractivity contribution in [2.45, 2.75) is 19.8 Å². The molecule has 0 aliphatic heterocycles. The van der Waals surface area contributed by atoms with Crippen LogP contribution in [0.4, 0.5) is 5.69 Å². The van der Waals surface area contributed by atoms with Crippen LogP contribution in [0.5, 0.6) is 5.75 Å². The fourth-order valence-corrected chi connectivity index (χ4v) is 3.94. The molecule has 2 heterocycles. The van der Waals surface area contributed by atoms with Gasteiger partial charge in [0.25, 0.3) is 5.91 Å². The van der Waals surface area contributed by atoms with Gasteiger partial charge in [0.15, 0.2) is 5.82 Å². The van der Waals surface area contributed by atoms with Crippen molar-refractivity contribution >= 4 is 39.5 Å². The van der Waals surface area contributed by atoms with Gasteiger partial charge in [0.05, 0.1) is 12.7 Å². The van der Waals surface area contributed by atoms with Gasteiger partial charge >= 0.3 is 0 Å². The first-order valence-electron chi connectivity index (χ1n) is 9.05. The SMILES string of the molecule is CCCc1nnc2sc(-c3ccc(NC(=O)c4cc(Cl)ccc4OC)cc3)nn12. The van der Waals surface area contributed by atoms with Gasteiger partial charge in [0.1, 0.15) is 10.8 Å². The van der Waals surface area contributed by atoms with E-state index in [0.29, 0.717) is 22.0 Å². The summed E-state index contributed by atoms with van der Waals surface area (Å²) in [5.74, 6) is 1.04. The topological polar surface area (TPSA) is 81.4 Å². The number of carbonyl (C=O) groups excluding carboxylic acids is 1. The number of halogens is 1. The molecule has 1 amide bonds. The van der Waals surface area contributed by atoms with Gasteiger partial charge in [-0.2, -0.15) is 9.61 Å². The average molecular weight is 428 g/mol. The van der Waals surface area contributed by atoms with Crippen LogP contribution in [0.2, 0.25) is 5.02 Å². The van der Waals surface area contributed by atoms with Gasteiger partial charge in [0, 0.05) is 22.7 Å². The van der Waals surface area contributed by atoms with Gasteiger partial charge in [-0.25, -0.2) is 0 Å². The van der Waals surface area contributed by atoms with Crippen LogP contribution < -0.4 is 10.1 Å². The Balaban J connectivity index is 1.54. The molecule has 0 saturated carbocycles. The second-order valence-corrected chi connectivity index (χ2v) is 7.74. The smallest absolute Gasteiger partial charge is 0.259 e. The summed E-state index contributed by atoms with van der Waals surface area (Å²) < 4.78 is 7.04. The van der Waals surface area contributed by atoms with Gasteiger partial charge in [-0.3, -0.25) is 4.79 Å². The summed E-state index contributed by atoms with van der Waals surface area (Å²) in [6.07, 6.45) is 1.82. The third-order valence-electron chi connectivity index (χ3n) is 4.32. The number of fused-ring (bicyclic) bond motifs is 1. The molecule has 0 saturated heterocycles. The van der Waals surface area contributed by atoms with E-state index in [0.717, 1.165) is 34.2 Å². The maximum absolute atomic E-state index is 12.6. The Morgan fingerprint density at radius 3 is 2.72 bits per heavy atom. The second kappa shape index (κ2) is 8.18. The van der Waals surface area contributed by atoms with Crippen molar-refractivity contribution < 1.29 is 9.53 Å². The molecule has 1 N–H and O–H groups in total. The van der Waals surface area contributed by atoms with E-state index >= 15 is 0 Å². The number of carbonyl (C=O) groups is 1. The Bertz CT molecular complexity index is 1170. The van der Waals surface area contributed by atoms with E-state index in [1.807, 2.05) is 24.3 Å². The van der Waals surface area contributed by atoms with E-state index in [1.54, 1.807) is 22.7 Å². The first-order chi connectivity index (χ1) is 14.1. The maximum atomic E-state index is 12.6. The highest BCUT2D eigenvalue weighted by Crippen LogP contribution is 2.28. The van der Waals surface area contributed by atoms with Crippen LogP contribution >= 0.6 is 22.9 Å². The zero-order valence-electron chi connectivity index (χ0n) is 15.8. The monoisotopic (exact) mass is 427 g/mol. The van der Waals surface area contributed by atoms with Gasteiger partial charge in [-0.1, -0.05) is 29.9 Å². The lowest BCUT2D eigenvalue weighted by molar-refractivity contribution is 0.102. The lowest BCUT2D eigenvalue weighted by atomic mass is 10.1. The Labute approximate surface area is 176 Å². The Kier molecular flexibility index (Phi) is 5.46. The normalized spacial score (nSPS) is 11.0. The number of benzene rings is 2. The largest absolute Gasteiger partial charge is 0.496 e. The van der Waals surface area contributed by atoms with E-state index in [2.05, 4.69) is 27.5 Å². The summed E-state index contributed by atoms with van der Waals surface area (Å²) in [7, 11) is 1.52. The Hall–Kier alpha value is -2.97. The van der Waals surface area contributed by atoms with Gasteiger partial charge in [-0.15, -0.1) is 10.2 Å². The molecule has 4 aromatic rings. The zero-order valence-corrected chi connectivity index (χ0v) is 17.4. The summed E-state index contributed by atoms with van der Waals surface area (Å²) in [6.45, 7) is 2.10. The van der Waals surface area contributed by atoms with Crippen molar-refractivity contribution in [1.82, 2.24) is 19.8 Å².